The van der Waals surface area contributed by atoms with Gasteiger partial charge in [0.05, 0.1) is 12.3 Å². The van der Waals surface area contributed by atoms with Crippen molar-refractivity contribution in [2.75, 3.05) is 6.61 Å². The third kappa shape index (κ3) is 5.44. The second-order valence-electron chi connectivity index (χ2n) is 4.82. The predicted octanol–water partition coefficient (Wildman–Crippen LogP) is 3.55. The van der Waals surface area contributed by atoms with Crippen molar-refractivity contribution in [3.8, 4) is 5.75 Å². The summed E-state index contributed by atoms with van der Waals surface area (Å²) in [5.74, 6) is 0.797. The molecule has 2 rings (SSSR count). The van der Waals surface area contributed by atoms with Gasteiger partial charge >= 0.3 is 6.18 Å². The molecule has 8 heteroatoms. The number of ether oxygens (including phenoxy) is 1. The van der Waals surface area contributed by atoms with Crippen molar-refractivity contribution in [1.29, 1.82) is 0 Å². The fraction of sp³-hybridized carbons (Fsp3) is 0.400. The van der Waals surface area contributed by atoms with E-state index >= 15 is 0 Å². The first-order chi connectivity index (χ1) is 10.4. The molecule has 0 aliphatic rings. The van der Waals surface area contributed by atoms with Crippen LogP contribution in [-0.2, 0) is 26.3 Å². The van der Waals surface area contributed by atoms with Gasteiger partial charge in [-0.15, -0.1) is 12.4 Å². The van der Waals surface area contributed by atoms with Crippen LogP contribution in [0.3, 0.4) is 0 Å². The van der Waals surface area contributed by atoms with E-state index < -0.39 is 11.9 Å². The van der Waals surface area contributed by atoms with Crippen molar-refractivity contribution < 1.29 is 17.9 Å². The number of nitrogens with one attached hydrogen (secondary N) is 1. The molecule has 23 heavy (non-hydrogen) atoms. The smallest absolute Gasteiger partial charge is 0.433 e. The number of benzene rings is 1. The zero-order valence-electron chi connectivity index (χ0n) is 12.9. The molecule has 0 amide bonds. The molecule has 1 heterocycles. The van der Waals surface area contributed by atoms with Crippen LogP contribution >= 0.6 is 12.4 Å². The number of hydrogen-bond donors (Lipinski definition) is 1. The lowest BCUT2D eigenvalue weighted by Crippen LogP contribution is -2.13. The number of nitrogens with zero attached hydrogens (tertiary/aromatic N) is 2. The lowest BCUT2D eigenvalue weighted by molar-refractivity contribution is -0.143. The largest absolute Gasteiger partial charge is 0.494 e. The molecule has 128 valence electrons. The number of hydrogen-bond acceptors (Lipinski definition) is 3. The first-order valence-corrected chi connectivity index (χ1v) is 6.92. The van der Waals surface area contributed by atoms with E-state index in [4.69, 9.17) is 4.74 Å². The summed E-state index contributed by atoms with van der Waals surface area (Å²) >= 11 is 0. The quantitative estimate of drug-likeness (QED) is 0.867. The van der Waals surface area contributed by atoms with Gasteiger partial charge in [-0.25, -0.2) is 0 Å². The molecule has 0 saturated heterocycles. The van der Waals surface area contributed by atoms with Gasteiger partial charge in [-0.1, -0.05) is 12.1 Å². The van der Waals surface area contributed by atoms with Crippen LogP contribution in [0.25, 0.3) is 0 Å². The van der Waals surface area contributed by atoms with E-state index in [0.29, 0.717) is 18.8 Å². The van der Waals surface area contributed by atoms with E-state index in [-0.39, 0.29) is 19.0 Å². The summed E-state index contributed by atoms with van der Waals surface area (Å²) in [5.41, 5.74) is 0.640. The molecule has 0 atom stereocenters. The fourth-order valence-electron chi connectivity index (χ4n) is 2.08. The summed E-state index contributed by atoms with van der Waals surface area (Å²) in [6, 6.07) is 8.62. The predicted molar refractivity (Wildman–Crippen MR) is 83.6 cm³/mol. The molecule has 1 aromatic carbocycles. The number of aromatic nitrogens is 2. The zero-order chi connectivity index (χ0) is 16.2. The van der Waals surface area contributed by atoms with E-state index in [1.807, 2.05) is 31.2 Å². The second kappa shape index (κ2) is 8.21. The van der Waals surface area contributed by atoms with Gasteiger partial charge in [0, 0.05) is 20.1 Å². The monoisotopic (exact) mass is 349 g/mol. The highest BCUT2D eigenvalue weighted by Gasteiger charge is 2.34. The van der Waals surface area contributed by atoms with Crippen molar-refractivity contribution in [2.45, 2.75) is 26.2 Å². The number of rotatable bonds is 6. The summed E-state index contributed by atoms with van der Waals surface area (Å²) in [7, 11) is 1.29. The topological polar surface area (TPSA) is 39.1 Å². The molecule has 0 fully saturated rings. The van der Waals surface area contributed by atoms with E-state index in [9.17, 15) is 13.2 Å². The molecule has 0 radical (unpaired) electrons. The Morgan fingerprint density at radius 2 is 1.83 bits per heavy atom. The van der Waals surface area contributed by atoms with E-state index in [2.05, 4.69) is 10.4 Å². The molecule has 4 nitrogen and oxygen atoms in total. The normalized spacial score (nSPS) is 11.2. The molecular weight excluding hydrogens is 331 g/mol. The molecule has 0 aliphatic heterocycles. The molecule has 0 spiro atoms. The first-order valence-electron chi connectivity index (χ1n) is 6.92. The highest BCUT2D eigenvalue weighted by atomic mass is 35.5. The second-order valence-corrected chi connectivity index (χ2v) is 4.82. The maximum absolute atomic E-state index is 12.7. The average molecular weight is 350 g/mol. The number of alkyl halides is 3. The molecule has 1 N–H and O–H groups in total. The standard InChI is InChI=1S/C15H18F3N3O.ClH/c1-3-22-13-6-4-11(5-7-13)9-19-10-12-8-14(15(16,17)18)21(2)20-12;/h4-8,19H,3,9-10H2,1-2H3;1H. The Labute approximate surface area is 139 Å². The van der Waals surface area contributed by atoms with Crippen LogP contribution in [0.1, 0.15) is 23.9 Å². The summed E-state index contributed by atoms with van der Waals surface area (Å²) in [6.07, 6.45) is -4.38. The molecular formula is C15H19ClF3N3O. The molecule has 0 unspecified atom stereocenters. The van der Waals surface area contributed by atoms with Gasteiger partial charge in [-0.2, -0.15) is 18.3 Å². The Bertz CT molecular complexity index is 611. The van der Waals surface area contributed by atoms with Gasteiger partial charge in [0.25, 0.3) is 0 Å². The maximum Gasteiger partial charge on any atom is 0.433 e. The minimum Gasteiger partial charge on any atom is -0.494 e. The Morgan fingerprint density at radius 1 is 1.17 bits per heavy atom. The summed E-state index contributed by atoms with van der Waals surface area (Å²) in [5, 5.41) is 6.94. The summed E-state index contributed by atoms with van der Waals surface area (Å²) < 4.78 is 44.2. The minimum absolute atomic E-state index is 0. The lowest BCUT2D eigenvalue weighted by Gasteiger charge is -2.05. The van der Waals surface area contributed by atoms with Crippen LogP contribution < -0.4 is 10.1 Å². The Hall–Kier alpha value is -1.73. The van der Waals surface area contributed by atoms with Crippen LogP contribution in [0, 0.1) is 0 Å². The molecule has 0 aliphatic carbocycles. The van der Waals surface area contributed by atoms with Gasteiger partial charge in [-0.05, 0) is 30.7 Å². The Kier molecular flexibility index (Phi) is 6.90. The third-order valence-corrected chi connectivity index (χ3v) is 3.09. The van der Waals surface area contributed by atoms with Crippen molar-refractivity contribution >= 4 is 12.4 Å². The van der Waals surface area contributed by atoms with Crippen molar-refractivity contribution in [2.24, 2.45) is 7.05 Å². The van der Waals surface area contributed by atoms with E-state index in [0.717, 1.165) is 22.1 Å². The van der Waals surface area contributed by atoms with Gasteiger partial charge in [0.2, 0.25) is 0 Å². The number of aryl methyl sites for hydroxylation is 1. The van der Waals surface area contributed by atoms with Gasteiger partial charge in [-0.3, -0.25) is 4.68 Å². The average Bonchev–Trinajstić information content (AvgIpc) is 2.82. The molecule has 0 saturated carbocycles. The van der Waals surface area contributed by atoms with Gasteiger partial charge in [0.1, 0.15) is 11.4 Å². The summed E-state index contributed by atoms with van der Waals surface area (Å²) in [4.78, 5) is 0. The summed E-state index contributed by atoms with van der Waals surface area (Å²) in [6.45, 7) is 3.35. The Balaban J connectivity index is 0.00000264. The van der Waals surface area contributed by atoms with Crippen molar-refractivity contribution in [1.82, 2.24) is 15.1 Å². The SMILES string of the molecule is CCOc1ccc(CNCc2cc(C(F)(F)F)n(C)n2)cc1.Cl. The highest BCUT2D eigenvalue weighted by Crippen LogP contribution is 2.29. The lowest BCUT2D eigenvalue weighted by atomic mass is 10.2. The number of halogens is 4. The van der Waals surface area contributed by atoms with Crippen LogP contribution in [-0.4, -0.2) is 16.4 Å². The van der Waals surface area contributed by atoms with Crippen LogP contribution in [0.5, 0.6) is 5.75 Å². The van der Waals surface area contributed by atoms with Crippen molar-refractivity contribution in [3.63, 3.8) is 0 Å². The molecule has 1 aromatic heterocycles. The zero-order valence-corrected chi connectivity index (χ0v) is 13.7. The van der Waals surface area contributed by atoms with Crippen LogP contribution in [0.15, 0.2) is 30.3 Å². The fourth-order valence-corrected chi connectivity index (χ4v) is 2.08. The Morgan fingerprint density at radius 3 is 2.35 bits per heavy atom. The van der Waals surface area contributed by atoms with Gasteiger partial charge < -0.3 is 10.1 Å². The molecule has 0 bridgehead atoms. The minimum atomic E-state index is -4.38. The highest BCUT2D eigenvalue weighted by molar-refractivity contribution is 5.85. The van der Waals surface area contributed by atoms with Gasteiger partial charge in [0.15, 0.2) is 0 Å². The maximum atomic E-state index is 12.7. The first kappa shape index (κ1) is 19.3. The molecule has 2 aromatic rings. The third-order valence-electron chi connectivity index (χ3n) is 3.09. The van der Waals surface area contributed by atoms with E-state index in [1.165, 1.54) is 7.05 Å². The van der Waals surface area contributed by atoms with Crippen molar-refractivity contribution in [3.05, 3.63) is 47.3 Å². The van der Waals surface area contributed by atoms with Crippen LogP contribution in [0.2, 0.25) is 0 Å². The van der Waals surface area contributed by atoms with Crippen LogP contribution in [0.4, 0.5) is 13.2 Å². The van der Waals surface area contributed by atoms with E-state index in [1.54, 1.807) is 0 Å².